The van der Waals surface area contributed by atoms with Gasteiger partial charge in [0.25, 0.3) is 0 Å². The smallest absolute Gasteiger partial charge is 0.0908 e. The number of nitrogens with one attached hydrogen (secondary N) is 1. The molecule has 0 amide bonds. The van der Waals surface area contributed by atoms with Gasteiger partial charge in [0, 0.05) is 12.6 Å². The van der Waals surface area contributed by atoms with Crippen LogP contribution in [0, 0.1) is 5.92 Å². The number of ether oxygens (including phenoxy) is 1. The maximum atomic E-state index is 10.0. The van der Waals surface area contributed by atoms with Crippen molar-refractivity contribution in [1.82, 2.24) is 5.32 Å². The van der Waals surface area contributed by atoms with Gasteiger partial charge in [-0.1, -0.05) is 50.6 Å². The van der Waals surface area contributed by atoms with Crippen LogP contribution in [-0.2, 0) is 10.3 Å². The van der Waals surface area contributed by atoms with Crippen molar-refractivity contribution < 1.29 is 9.84 Å². The monoisotopic (exact) mass is 291 g/mol. The summed E-state index contributed by atoms with van der Waals surface area (Å²) in [5, 5.41) is 13.6. The first-order valence-electron chi connectivity index (χ1n) is 8.22. The van der Waals surface area contributed by atoms with Gasteiger partial charge in [0.05, 0.1) is 18.8 Å². The summed E-state index contributed by atoms with van der Waals surface area (Å²) in [7, 11) is 0. The zero-order valence-corrected chi connectivity index (χ0v) is 13.3. The largest absolute Gasteiger partial charge is 0.394 e. The second kappa shape index (κ2) is 7.92. The van der Waals surface area contributed by atoms with Crippen LogP contribution < -0.4 is 5.32 Å². The van der Waals surface area contributed by atoms with Gasteiger partial charge in [-0.15, -0.1) is 0 Å². The van der Waals surface area contributed by atoms with Gasteiger partial charge < -0.3 is 15.2 Å². The van der Waals surface area contributed by atoms with E-state index < -0.39 is 5.54 Å². The molecule has 1 fully saturated rings. The fraction of sp³-hybridized carbons (Fsp3) is 0.667. The summed E-state index contributed by atoms with van der Waals surface area (Å²) in [4.78, 5) is 0. The first kappa shape index (κ1) is 16.5. The van der Waals surface area contributed by atoms with E-state index in [1.54, 1.807) is 0 Å². The summed E-state index contributed by atoms with van der Waals surface area (Å²) in [6.45, 7) is 5.77. The van der Waals surface area contributed by atoms with E-state index >= 15 is 0 Å². The van der Waals surface area contributed by atoms with Crippen molar-refractivity contribution in [3.63, 3.8) is 0 Å². The van der Waals surface area contributed by atoms with E-state index in [1.807, 2.05) is 18.2 Å². The van der Waals surface area contributed by atoms with Crippen LogP contribution in [0.5, 0.6) is 0 Å². The number of hydrogen-bond donors (Lipinski definition) is 2. The van der Waals surface area contributed by atoms with Crippen molar-refractivity contribution in [1.29, 1.82) is 0 Å². The van der Waals surface area contributed by atoms with Crippen LogP contribution in [0.25, 0.3) is 0 Å². The molecule has 3 nitrogen and oxygen atoms in total. The van der Waals surface area contributed by atoms with Gasteiger partial charge in [0.2, 0.25) is 0 Å². The van der Waals surface area contributed by atoms with Gasteiger partial charge in [-0.3, -0.25) is 0 Å². The molecule has 0 bridgehead atoms. The van der Waals surface area contributed by atoms with Gasteiger partial charge in [-0.2, -0.15) is 0 Å². The molecule has 1 saturated carbocycles. The van der Waals surface area contributed by atoms with Crippen molar-refractivity contribution in [3.05, 3.63) is 35.9 Å². The van der Waals surface area contributed by atoms with Crippen LogP contribution >= 0.6 is 0 Å². The molecule has 3 heteroatoms. The average molecular weight is 291 g/mol. The summed E-state index contributed by atoms with van der Waals surface area (Å²) in [5.74, 6) is 0.572. The molecule has 2 rings (SSSR count). The van der Waals surface area contributed by atoms with Gasteiger partial charge in [0.1, 0.15) is 0 Å². The molecule has 118 valence electrons. The molecular weight excluding hydrogens is 262 g/mol. The molecule has 21 heavy (non-hydrogen) atoms. The summed E-state index contributed by atoms with van der Waals surface area (Å²) in [6, 6.07) is 10.7. The Morgan fingerprint density at radius 1 is 1.33 bits per heavy atom. The summed E-state index contributed by atoms with van der Waals surface area (Å²) < 4.78 is 5.96. The van der Waals surface area contributed by atoms with E-state index in [-0.39, 0.29) is 6.61 Å². The first-order chi connectivity index (χ1) is 10.2. The Balaban J connectivity index is 2.01. The molecular formula is C18H29NO2. The highest BCUT2D eigenvalue weighted by Crippen LogP contribution is 2.29. The molecule has 0 aliphatic heterocycles. The lowest BCUT2D eigenvalue weighted by atomic mass is 9.91. The zero-order chi connectivity index (χ0) is 15.1. The van der Waals surface area contributed by atoms with Crippen molar-refractivity contribution >= 4 is 0 Å². The lowest BCUT2D eigenvalue weighted by molar-refractivity contribution is 0.0181. The maximum Gasteiger partial charge on any atom is 0.0908 e. The van der Waals surface area contributed by atoms with Crippen LogP contribution in [0.4, 0.5) is 0 Å². The minimum absolute atomic E-state index is 0.0652. The lowest BCUT2D eigenvalue weighted by Gasteiger charge is -2.34. The van der Waals surface area contributed by atoms with Crippen LogP contribution in [0.3, 0.4) is 0 Å². The Labute approximate surface area is 128 Å². The number of aliphatic hydroxyl groups is 1. The van der Waals surface area contributed by atoms with Crippen molar-refractivity contribution in [2.24, 2.45) is 5.92 Å². The fourth-order valence-corrected chi connectivity index (χ4v) is 2.78. The number of rotatable bonds is 10. The first-order valence-corrected chi connectivity index (χ1v) is 8.22. The SMILES string of the molecule is CCCC(C)COCC(CO)(NC1CC1)c1ccccc1. The second-order valence-electron chi connectivity index (χ2n) is 6.43. The van der Waals surface area contributed by atoms with E-state index in [1.165, 1.54) is 25.7 Å². The van der Waals surface area contributed by atoms with Crippen molar-refractivity contribution in [2.75, 3.05) is 19.8 Å². The molecule has 0 radical (unpaired) electrons. The number of aliphatic hydroxyl groups excluding tert-OH is 1. The Kier molecular flexibility index (Phi) is 6.22. The highest BCUT2D eigenvalue weighted by atomic mass is 16.5. The zero-order valence-electron chi connectivity index (χ0n) is 13.3. The Bertz CT molecular complexity index is 405. The summed E-state index contributed by atoms with van der Waals surface area (Å²) >= 11 is 0. The molecule has 2 atom stereocenters. The Morgan fingerprint density at radius 2 is 2.05 bits per heavy atom. The Hall–Kier alpha value is -0.900. The molecule has 1 aromatic rings. The van der Waals surface area contributed by atoms with Crippen LogP contribution in [0.1, 0.15) is 45.1 Å². The van der Waals surface area contributed by atoms with E-state index in [4.69, 9.17) is 4.74 Å². The van der Waals surface area contributed by atoms with Gasteiger partial charge >= 0.3 is 0 Å². The van der Waals surface area contributed by atoms with Crippen molar-refractivity contribution in [3.8, 4) is 0 Å². The summed E-state index contributed by atoms with van der Waals surface area (Å²) in [5.41, 5.74) is 0.650. The summed E-state index contributed by atoms with van der Waals surface area (Å²) in [6.07, 6.45) is 4.77. The Morgan fingerprint density at radius 3 is 2.62 bits per heavy atom. The third kappa shape index (κ3) is 4.80. The lowest BCUT2D eigenvalue weighted by Crippen LogP contribution is -2.50. The van der Waals surface area contributed by atoms with Gasteiger partial charge in [-0.05, 0) is 30.7 Å². The second-order valence-corrected chi connectivity index (χ2v) is 6.43. The van der Waals surface area contributed by atoms with Gasteiger partial charge in [-0.25, -0.2) is 0 Å². The molecule has 2 unspecified atom stereocenters. The standard InChI is InChI=1S/C18H29NO2/c1-3-7-15(2)12-21-14-18(13-20,19-17-10-11-17)16-8-5-4-6-9-16/h4-6,8-9,15,17,19-20H,3,7,10-14H2,1-2H3. The highest BCUT2D eigenvalue weighted by molar-refractivity contribution is 5.25. The molecule has 0 heterocycles. The van der Waals surface area contributed by atoms with Crippen LogP contribution in [-0.4, -0.2) is 31.0 Å². The maximum absolute atomic E-state index is 10.0. The van der Waals surface area contributed by atoms with E-state index in [9.17, 15) is 5.11 Å². The fourth-order valence-electron chi connectivity index (χ4n) is 2.78. The quantitative estimate of drug-likeness (QED) is 0.696. The highest BCUT2D eigenvalue weighted by Gasteiger charge is 2.37. The minimum atomic E-state index is -0.464. The predicted molar refractivity (Wildman–Crippen MR) is 86.3 cm³/mol. The number of benzene rings is 1. The predicted octanol–water partition coefficient (Wildman–Crippen LogP) is 3.08. The van der Waals surface area contributed by atoms with Gasteiger partial charge in [0.15, 0.2) is 0 Å². The van der Waals surface area contributed by atoms with E-state index in [2.05, 4.69) is 31.3 Å². The van der Waals surface area contributed by atoms with E-state index in [0.717, 1.165) is 12.2 Å². The molecule has 1 aliphatic carbocycles. The molecule has 0 saturated heterocycles. The third-order valence-electron chi connectivity index (χ3n) is 4.19. The molecule has 0 spiro atoms. The third-order valence-corrected chi connectivity index (χ3v) is 4.19. The molecule has 2 N–H and O–H groups in total. The van der Waals surface area contributed by atoms with Crippen molar-refractivity contribution in [2.45, 2.75) is 51.1 Å². The topological polar surface area (TPSA) is 41.5 Å². The average Bonchev–Trinajstić information content (AvgIpc) is 3.31. The molecule has 0 aromatic heterocycles. The molecule has 1 aromatic carbocycles. The van der Waals surface area contributed by atoms with Crippen LogP contribution in [0.15, 0.2) is 30.3 Å². The normalized spacial score (nSPS) is 19.2. The van der Waals surface area contributed by atoms with Crippen LogP contribution in [0.2, 0.25) is 0 Å². The van der Waals surface area contributed by atoms with E-state index in [0.29, 0.717) is 18.6 Å². The number of hydrogen-bond acceptors (Lipinski definition) is 3. The molecule has 1 aliphatic rings. The minimum Gasteiger partial charge on any atom is -0.394 e.